The number of nitrogens with zero attached hydrogens (tertiary/aromatic N) is 3. The average molecular weight is 242 g/mol. The molecule has 1 atom stereocenters. The van der Waals surface area contributed by atoms with Crippen molar-refractivity contribution in [3.05, 3.63) is 36.4 Å². The fourth-order valence-corrected chi connectivity index (χ4v) is 1.74. The number of carbonyl (C=O) groups is 1. The lowest BCUT2D eigenvalue weighted by molar-refractivity contribution is 0.0936. The van der Waals surface area contributed by atoms with Gasteiger partial charge in [-0.2, -0.15) is 5.26 Å². The van der Waals surface area contributed by atoms with Gasteiger partial charge in [0.15, 0.2) is 0 Å². The van der Waals surface area contributed by atoms with Crippen LogP contribution in [0.25, 0.3) is 5.52 Å². The molecule has 5 heteroatoms. The van der Waals surface area contributed by atoms with E-state index >= 15 is 0 Å². The smallest absolute Gasteiger partial charge is 0.251 e. The standard InChI is InChI=1S/C13H14N4O/c1-2-11(3-5-14)16-13(18)10-4-6-17-9-15-8-12(17)7-10/h4,6-9,11H,2-3H2,1H3,(H,16,18). The Balaban J connectivity index is 2.15. The molecule has 0 fully saturated rings. The number of fused-ring (bicyclic) bond motifs is 1. The Morgan fingerprint density at radius 2 is 2.50 bits per heavy atom. The number of rotatable bonds is 4. The number of hydrogen-bond donors (Lipinski definition) is 1. The zero-order valence-electron chi connectivity index (χ0n) is 10.1. The van der Waals surface area contributed by atoms with E-state index in [1.165, 1.54) is 0 Å². The predicted molar refractivity (Wildman–Crippen MR) is 67.0 cm³/mol. The lowest BCUT2D eigenvalue weighted by Gasteiger charge is -2.13. The summed E-state index contributed by atoms with van der Waals surface area (Å²) in [7, 11) is 0. The Labute approximate surface area is 105 Å². The van der Waals surface area contributed by atoms with E-state index in [9.17, 15) is 4.79 Å². The molecule has 2 aromatic heterocycles. The summed E-state index contributed by atoms with van der Waals surface area (Å²) in [5, 5.41) is 11.5. The quantitative estimate of drug-likeness (QED) is 0.888. The maximum absolute atomic E-state index is 12.0. The number of imidazole rings is 1. The molecule has 2 aromatic rings. The number of carbonyl (C=O) groups excluding carboxylic acids is 1. The van der Waals surface area contributed by atoms with E-state index in [1.54, 1.807) is 30.9 Å². The lowest BCUT2D eigenvalue weighted by Crippen LogP contribution is -2.34. The van der Waals surface area contributed by atoms with Crippen molar-refractivity contribution >= 4 is 11.4 Å². The van der Waals surface area contributed by atoms with Crippen LogP contribution in [-0.4, -0.2) is 21.3 Å². The van der Waals surface area contributed by atoms with Crippen LogP contribution in [0.1, 0.15) is 30.1 Å². The number of aromatic nitrogens is 2. The molecular weight excluding hydrogens is 228 g/mol. The van der Waals surface area contributed by atoms with E-state index in [0.29, 0.717) is 12.0 Å². The molecule has 1 N–H and O–H groups in total. The molecule has 2 rings (SSSR count). The van der Waals surface area contributed by atoms with Crippen molar-refractivity contribution < 1.29 is 4.79 Å². The predicted octanol–water partition coefficient (Wildman–Crippen LogP) is 1.76. The van der Waals surface area contributed by atoms with E-state index in [1.807, 2.05) is 11.3 Å². The SMILES string of the molecule is CCC(CC#N)NC(=O)c1ccn2cncc2c1. The van der Waals surface area contributed by atoms with Crippen LogP contribution < -0.4 is 5.32 Å². The minimum absolute atomic E-state index is 0.0939. The highest BCUT2D eigenvalue weighted by atomic mass is 16.1. The van der Waals surface area contributed by atoms with Crippen molar-refractivity contribution in [1.82, 2.24) is 14.7 Å². The maximum Gasteiger partial charge on any atom is 0.251 e. The molecule has 0 aliphatic rings. The number of nitrogens with one attached hydrogen (secondary N) is 1. The molecule has 0 saturated heterocycles. The molecule has 1 amide bonds. The zero-order chi connectivity index (χ0) is 13.0. The molecule has 0 aliphatic carbocycles. The minimum atomic E-state index is -0.152. The molecule has 92 valence electrons. The van der Waals surface area contributed by atoms with Gasteiger partial charge in [0.1, 0.15) is 0 Å². The Kier molecular flexibility index (Phi) is 3.58. The van der Waals surface area contributed by atoms with Crippen LogP contribution in [0.3, 0.4) is 0 Å². The second-order valence-electron chi connectivity index (χ2n) is 4.08. The Morgan fingerprint density at radius 3 is 3.22 bits per heavy atom. The van der Waals surface area contributed by atoms with Gasteiger partial charge in [-0.3, -0.25) is 4.79 Å². The Morgan fingerprint density at radius 1 is 1.67 bits per heavy atom. The van der Waals surface area contributed by atoms with Gasteiger partial charge >= 0.3 is 0 Å². The first kappa shape index (κ1) is 12.1. The fraction of sp³-hybridized carbons (Fsp3) is 0.308. The van der Waals surface area contributed by atoms with Crippen molar-refractivity contribution in [3.63, 3.8) is 0 Å². The van der Waals surface area contributed by atoms with Crippen molar-refractivity contribution in [2.75, 3.05) is 0 Å². The summed E-state index contributed by atoms with van der Waals surface area (Å²) in [5.74, 6) is -0.152. The molecule has 0 radical (unpaired) electrons. The van der Waals surface area contributed by atoms with E-state index < -0.39 is 0 Å². The first-order valence-corrected chi connectivity index (χ1v) is 5.84. The van der Waals surface area contributed by atoms with Crippen molar-refractivity contribution in [2.24, 2.45) is 0 Å². The largest absolute Gasteiger partial charge is 0.348 e. The number of hydrogen-bond acceptors (Lipinski definition) is 3. The first-order chi connectivity index (χ1) is 8.74. The summed E-state index contributed by atoms with van der Waals surface area (Å²) in [4.78, 5) is 16.0. The van der Waals surface area contributed by atoms with Crippen molar-refractivity contribution in [1.29, 1.82) is 5.26 Å². The molecule has 1 unspecified atom stereocenters. The third-order valence-corrected chi connectivity index (χ3v) is 2.84. The number of pyridine rings is 1. The normalized spacial score (nSPS) is 12.0. The highest BCUT2D eigenvalue weighted by Crippen LogP contribution is 2.07. The Bertz CT molecular complexity index is 596. The van der Waals surface area contributed by atoms with Gasteiger partial charge in [-0.25, -0.2) is 4.98 Å². The fourth-order valence-electron chi connectivity index (χ4n) is 1.74. The van der Waals surface area contributed by atoms with Gasteiger partial charge in [-0.15, -0.1) is 0 Å². The molecule has 18 heavy (non-hydrogen) atoms. The first-order valence-electron chi connectivity index (χ1n) is 5.84. The zero-order valence-corrected chi connectivity index (χ0v) is 10.1. The minimum Gasteiger partial charge on any atom is -0.348 e. The molecule has 5 nitrogen and oxygen atoms in total. The van der Waals surface area contributed by atoms with Gasteiger partial charge in [0.25, 0.3) is 5.91 Å². The highest BCUT2D eigenvalue weighted by molar-refractivity contribution is 5.95. The van der Waals surface area contributed by atoms with E-state index in [0.717, 1.165) is 11.9 Å². The summed E-state index contributed by atoms with van der Waals surface area (Å²) < 4.78 is 1.84. The van der Waals surface area contributed by atoms with Crippen molar-refractivity contribution in [2.45, 2.75) is 25.8 Å². The van der Waals surface area contributed by atoms with Gasteiger partial charge in [-0.05, 0) is 18.6 Å². The molecule has 0 aliphatic heterocycles. The summed E-state index contributed by atoms with van der Waals surface area (Å²) in [6.07, 6.45) is 6.25. The van der Waals surface area contributed by atoms with E-state index in [4.69, 9.17) is 5.26 Å². The number of nitriles is 1. The molecular formula is C13H14N4O. The van der Waals surface area contributed by atoms with Crippen LogP contribution in [-0.2, 0) is 0 Å². The van der Waals surface area contributed by atoms with Gasteiger partial charge in [0, 0.05) is 17.8 Å². The van der Waals surface area contributed by atoms with Gasteiger partial charge < -0.3 is 9.72 Å². The maximum atomic E-state index is 12.0. The lowest BCUT2D eigenvalue weighted by atomic mass is 10.1. The third kappa shape index (κ3) is 2.48. The summed E-state index contributed by atoms with van der Waals surface area (Å²) in [6, 6.07) is 5.50. The molecule has 0 aromatic carbocycles. The number of amides is 1. The van der Waals surface area contributed by atoms with Gasteiger partial charge in [0.05, 0.1) is 30.5 Å². The molecule has 2 heterocycles. The van der Waals surface area contributed by atoms with Gasteiger partial charge in [0.2, 0.25) is 0 Å². The van der Waals surface area contributed by atoms with Crippen molar-refractivity contribution in [3.8, 4) is 6.07 Å². The summed E-state index contributed by atoms with van der Waals surface area (Å²) in [6.45, 7) is 1.95. The highest BCUT2D eigenvalue weighted by Gasteiger charge is 2.12. The molecule has 0 saturated carbocycles. The van der Waals surface area contributed by atoms with Crippen LogP contribution in [0.2, 0.25) is 0 Å². The van der Waals surface area contributed by atoms with Crippen LogP contribution in [0.5, 0.6) is 0 Å². The monoisotopic (exact) mass is 242 g/mol. The third-order valence-electron chi connectivity index (χ3n) is 2.84. The van der Waals surface area contributed by atoms with Crippen LogP contribution >= 0.6 is 0 Å². The summed E-state index contributed by atoms with van der Waals surface area (Å²) >= 11 is 0. The molecule has 0 bridgehead atoms. The molecule has 0 spiro atoms. The van der Waals surface area contributed by atoms with Crippen LogP contribution in [0.15, 0.2) is 30.9 Å². The van der Waals surface area contributed by atoms with Gasteiger partial charge in [-0.1, -0.05) is 6.92 Å². The Hall–Kier alpha value is -2.35. The summed E-state index contributed by atoms with van der Waals surface area (Å²) in [5.41, 5.74) is 1.45. The van der Waals surface area contributed by atoms with E-state index in [-0.39, 0.29) is 11.9 Å². The van der Waals surface area contributed by atoms with E-state index in [2.05, 4.69) is 16.4 Å². The second-order valence-corrected chi connectivity index (χ2v) is 4.08. The van der Waals surface area contributed by atoms with Crippen LogP contribution in [0.4, 0.5) is 0 Å². The van der Waals surface area contributed by atoms with Crippen LogP contribution in [0, 0.1) is 11.3 Å². The average Bonchev–Trinajstić information content (AvgIpc) is 2.85. The second kappa shape index (κ2) is 5.32. The topological polar surface area (TPSA) is 70.2 Å².